The third kappa shape index (κ3) is 5.15. The summed E-state index contributed by atoms with van der Waals surface area (Å²) in [4.78, 5) is 4.63. The Balaban J connectivity index is 1.17. The van der Waals surface area contributed by atoms with Crippen molar-refractivity contribution in [3.8, 4) is 27.9 Å². The van der Waals surface area contributed by atoms with E-state index in [9.17, 15) is 5.41 Å². The molecule has 0 aliphatic heterocycles. The first kappa shape index (κ1) is 31.4. The van der Waals surface area contributed by atoms with Crippen molar-refractivity contribution >= 4 is 65.8 Å². The van der Waals surface area contributed by atoms with Crippen molar-refractivity contribution in [2.45, 2.75) is 0 Å². The Morgan fingerprint density at radius 2 is 0.963 bits per heavy atom. The van der Waals surface area contributed by atoms with Crippen molar-refractivity contribution in [2.75, 3.05) is 0 Å². The highest BCUT2D eigenvalue weighted by atomic mass is 15.0. The lowest BCUT2D eigenvalue weighted by Crippen LogP contribution is -2.15. The highest BCUT2D eigenvalue weighted by molar-refractivity contribution is 6.30. The summed E-state index contributed by atoms with van der Waals surface area (Å²) in [6.07, 6.45) is 0. The third-order valence-electron chi connectivity index (χ3n) is 10.7. The standard InChI is InChI=1S/C50H34N4/c51-49(34-14-5-2-6-15-34)53-50(52)44-20-11-19-43-39-17-8-7-16-38(39)40-28-24-35(30-45(40)48(43)44)36-25-29-42-41-18-9-10-21-46(41)54(47(42)31-36)37-26-22-33(23-27-37)32-12-3-1-4-13-32/h1-31H,(H3,51,52,53). The summed E-state index contributed by atoms with van der Waals surface area (Å²) in [5.41, 5.74) is 16.0. The van der Waals surface area contributed by atoms with E-state index in [0.29, 0.717) is 5.84 Å². The Morgan fingerprint density at radius 1 is 0.426 bits per heavy atom. The Hall–Kier alpha value is -7.30. The molecule has 0 bridgehead atoms. The molecule has 0 radical (unpaired) electrons. The number of hydrogen-bond donors (Lipinski definition) is 2. The second-order valence-electron chi connectivity index (χ2n) is 13.7. The van der Waals surface area contributed by atoms with E-state index in [0.717, 1.165) is 60.4 Å². The molecule has 3 N–H and O–H groups in total. The second-order valence-corrected chi connectivity index (χ2v) is 13.7. The van der Waals surface area contributed by atoms with Crippen LogP contribution in [0.4, 0.5) is 0 Å². The van der Waals surface area contributed by atoms with Gasteiger partial charge in [-0.25, -0.2) is 4.99 Å². The maximum Gasteiger partial charge on any atom is 0.154 e. The molecular formula is C50H34N4. The maximum atomic E-state index is 9.23. The molecule has 254 valence electrons. The van der Waals surface area contributed by atoms with E-state index in [1.54, 1.807) is 0 Å². The largest absolute Gasteiger partial charge is 0.383 e. The van der Waals surface area contributed by atoms with Crippen LogP contribution in [-0.2, 0) is 0 Å². The lowest BCUT2D eigenvalue weighted by Gasteiger charge is -2.15. The molecule has 9 aromatic carbocycles. The van der Waals surface area contributed by atoms with E-state index >= 15 is 0 Å². The molecule has 0 atom stereocenters. The summed E-state index contributed by atoms with van der Waals surface area (Å²) in [6.45, 7) is 0. The van der Waals surface area contributed by atoms with Gasteiger partial charge in [0.25, 0.3) is 0 Å². The van der Waals surface area contributed by atoms with Gasteiger partial charge in [0.05, 0.1) is 11.0 Å². The molecular weight excluding hydrogens is 657 g/mol. The van der Waals surface area contributed by atoms with Gasteiger partial charge >= 0.3 is 0 Å². The monoisotopic (exact) mass is 690 g/mol. The predicted octanol–water partition coefficient (Wildman–Crippen LogP) is 12.3. The van der Waals surface area contributed by atoms with Crippen LogP contribution in [-0.4, -0.2) is 16.2 Å². The van der Waals surface area contributed by atoms with Crippen LogP contribution < -0.4 is 5.73 Å². The third-order valence-corrected chi connectivity index (χ3v) is 10.7. The molecule has 0 spiro atoms. The summed E-state index contributed by atoms with van der Waals surface area (Å²) in [5.74, 6) is 0.454. The van der Waals surface area contributed by atoms with Gasteiger partial charge in [0, 0.05) is 33.0 Å². The van der Waals surface area contributed by atoms with Crippen LogP contribution in [0.3, 0.4) is 0 Å². The number of hydrogen-bond acceptors (Lipinski definition) is 1. The zero-order valence-corrected chi connectivity index (χ0v) is 29.4. The molecule has 1 aromatic heterocycles. The molecule has 0 amide bonds. The van der Waals surface area contributed by atoms with Gasteiger partial charge in [0.2, 0.25) is 0 Å². The molecule has 0 aliphatic rings. The van der Waals surface area contributed by atoms with Gasteiger partial charge in [-0.15, -0.1) is 0 Å². The number of para-hydroxylation sites is 1. The molecule has 54 heavy (non-hydrogen) atoms. The summed E-state index contributed by atoms with van der Waals surface area (Å²) < 4.78 is 2.38. The second kappa shape index (κ2) is 12.7. The van der Waals surface area contributed by atoms with Crippen LogP contribution in [0.2, 0.25) is 0 Å². The Labute approximate surface area is 312 Å². The molecule has 10 aromatic rings. The summed E-state index contributed by atoms with van der Waals surface area (Å²) in [5, 5.41) is 18.3. The van der Waals surface area contributed by atoms with Gasteiger partial charge in [0.15, 0.2) is 5.84 Å². The van der Waals surface area contributed by atoms with Crippen LogP contribution in [0.1, 0.15) is 11.1 Å². The Bertz CT molecular complexity index is 3100. The number of nitrogens with one attached hydrogen (secondary N) is 1. The van der Waals surface area contributed by atoms with E-state index in [-0.39, 0.29) is 5.84 Å². The molecule has 0 fully saturated rings. The average molecular weight is 691 g/mol. The number of nitrogens with zero attached hydrogens (tertiary/aromatic N) is 2. The molecule has 1 heterocycles. The van der Waals surface area contributed by atoms with E-state index < -0.39 is 0 Å². The number of nitrogens with two attached hydrogens (primary N) is 1. The fourth-order valence-electron chi connectivity index (χ4n) is 8.10. The minimum absolute atomic E-state index is 0.133. The van der Waals surface area contributed by atoms with Gasteiger partial charge in [-0.1, -0.05) is 158 Å². The highest BCUT2D eigenvalue weighted by Gasteiger charge is 2.17. The molecule has 4 heteroatoms. The molecule has 0 aliphatic carbocycles. The van der Waals surface area contributed by atoms with E-state index in [1.807, 2.05) is 42.5 Å². The zero-order chi connectivity index (χ0) is 36.2. The van der Waals surface area contributed by atoms with Crippen LogP contribution in [0.15, 0.2) is 193 Å². The van der Waals surface area contributed by atoms with Gasteiger partial charge in [-0.2, -0.15) is 0 Å². The van der Waals surface area contributed by atoms with Crippen molar-refractivity contribution in [3.63, 3.8) is 0 Å². The van der Waals surface area contributed by atoms with Crippen molar-refractivity contribution < 1.29 is 0 Å². The minimum atomic E-state index is 0.133. The Morgan fingerprint density at radius 3 is 1.72 bits per heavy atom. The van der Waals surface area contributed by atoms with E-state index in [4.69, 9.17) is 5.73 Å². The predicted molar refractivity (Wildman–Crippen MR) is 228 cm³/mol. The highest BCUT2D eigenvalue weighted by Crippen LogP contribution is 2.40. The summed E-state index contributed by atoms with van der Waals surface area (Å²) in [7, 11) is 0. The van der Waals surface area contributed by atoms with Crippen molar-refractivity contribution in [2.24, 2.45) is 10.7 Å². The number of aliphatic imine (C=N–C) groups is 1. The number of rotatable bonds is 5. The van der Waals surface area contributed by atoms with Gasteiger partial charge < -0.3 is 10.3 Å². The van der Waals surface area contributed by atoms with E-state index in [2.05, 4.69) is 155 Å². The molecule has 4 nitrogen and oxygen atoms in total. The summed E-state index contributed by atoms with van der Waals surface area (Å²) in [6, 6.07) is 65.9. The first-order valence-corrected chi connectivity index (χ1v) is 18.2. The number of amidine groups is 2. The summed E-state index contributed by atoms with van der Waals surface area (Å²) >= 11 is 0. The lowest BCUT2D eigenvalue weighted by atomic mass is 9.89. The quantitative estimate of drug-likeness (QED) is 0.105. The van der Waals surface area contributed by atoms with Gasteiger partial charge in [0.1, 0.15) is 5.84 Å². The topological polar surface area (TPSA) is 67.2 Å². The molecule has 0 unspecified atom stereocenters. The Kier molecular flexibility index (Phi) is 7.41. The van der Waals surface area contributed by atoms with Crippen LogP contribution >= 0.6 is 0 Å². The average Bonchev–Trinajstić information content (AvgIpc) is 3.57. The van der Waals surface area contributed by atoms with Gasteiger partial charge in [-0.3, -0.25) is 5.41 Å². The number of aromatic nitrogens is 1. The normalized spacial score (nSPS) is 12.0. The molecule has 10 rings (SSSR count). The fourth-order valence-corrected chi connectivity index (χ4v) is 8.10. The van der Waals surface area contributed by atoms with Crippen LogP contribution in [0, 0.1) is 5.41 Å². The van der Waals surface area contributed by atoms with Crippen molar-refractivity contribution in [1.29, 1.82) is 5.41 Å². The first-order chi connectivity index (χ1) is 26.6. The number of fused-ring (bicyclic) bond motifs is 9. The molecule has 0 saturated carbocycles. The first-order valence-electron chi connectivity index (χ1n) is 18.2. The minimum Gasteiger partial charge on any atom is -0.383 e. The smallest absolute Gasteiger partial charge is 0.154 e. The van der Waals surface area contributed by atoms with Crippen molar-refractivity contribution in [3.05, 3.63) is 199 Å². The maximum absolute atomic E-state index is 9.23. The van der Waals surface area contributed by atoms with Crippen molar-refractivity contribution in [1.82, 2.24) is 4.57 Å². The lowest BCUT2D eigenvalue weighted by molar-refractivity contribution is 1.18. The van der Waals surface area contributed by atoms with Crippen LogP contribution in [0.5, 0.6) is 0 Å². The molecule has 0 saturated heterocycles. The van der Waals surface area contributed by atoms with Gasteiger partial charge in [-0.05, 0) is 79.5 Å². The zero-order valence-electron chi connectivity index (χ0n) is 29.4. The SMILES string of the molecule is N=C(N=C(N)c1ccccc1)c1cccc2c3ccccc3c3ccc(-c4ccc5c6ccccc6n(-c6ccc(-c7ccccc7)cc6)c5c4)cc3c12. The fraction of sp³-hybridized carbons (Fsp3) is 0. The van der Waals surface area contributed by atoms with E-state index in [1.165, 1.54) is 32.8 Å². The number of benzene rings is 9. The van der Waals surface area contributed by atoms with Crippen LogP contribution in [0.25, 0.3) is 82.1 Å².